The van der Waals surface area contributed by atoms with Crippen LogP contribution in [0.25, 0.3) is 0 Å². The third kappa shape index (κ3) is 5.81. The van der Waals surface area contributed by atoms with Crippen LogP contribution in [0, 0.1) is 0 Å². The highest BCUT2D eigenvalue weighted by atomic mass is 16.5. The molecule has 0 radical (unpaired) electrons. The number of nitrogens with zero attached hydrogens (tertiary/aromatic N) is 2. The first-order valence-electron chi connectivity index (χ1n) is 7.03. The predicted octanol–water partition coefficient (Wildman–Crippen LogP) is -2.03. The number of carbonyl (C=O) groups excluding carboxylic acids is 2. The Morgan fingerprint density at radius 3 is 2.46 bits per heavy atom. The van der Waals surface area contributed by atoms with Crippen LogP contribution in [0.2, 0.25) is 0 Å². The number of carboxylic acids is 1. The molecule has 1 aromatic rings. The van der Waals surface area contributed by atoms with Crippen LogP contribution >= 0.6 is 0 Å². The predicted molar refractivity (Wildman–Crippen MR) is 78.1 cm³/mol. The molecule has 0 bridgehead atoms. The average Bonchev–Trinajstić information content (AvgIpc) is 2.97. The Labute approximate surface area is 136 Å². The zero-order valence-corrected chi connectivity index (χ0v) is 12.9. The lowest BCUT2D eigenvalue weighted by atomic mass is 10.1. The van der Waals surface area contributed by atoms with Gasteiger partial charge in [0, 0.05) is 6.42 Å². The second-order valence-corrected chi connectivity index (χ2v) is 4.98. The molecule has 1 unspecified atom stereocenters. The molecule has 134 valence electrons. The molecule has 3 atom stereocenters. The molecule has 8 N–H and O–H groups in total. The minimum absolute atomic E-state index is 0.00391. The molecule has 0 fully saturated rings. The Balaban J connectivity index is 2.81. The maximum Gasteiger partial charge on any atom is 0.328 e. The van der Waals surface area contributed by atoms with Crippen molar-refractivity contribution in [3.8, 4) is 0 Å². The van der Waals surface area contributed by atoms with E-state index in [2.05, 4.69) is 20.8 Å². The quantitative estimate of drug-likeness (QED) is 0.291. The van der Waals surface area contributed by atoms with Gasteiger partial charge in [-0.3, -0.25) is 4.79 Å². The number of aliphatic hydroxyl groups is 1. The number of hydrogen-bond acceptors (Lipinski definition) is 8. The topological polar surface area (TPSA) is 207 Å². The molecule has 0 aliphatic heterocycles. The zero-order valence-electron chi connectivity index (χ0n) is 12.9. The van der Waals surface area contributed by atoms with E-state index >= 15 is 0 Å². The fourth-order valence-corrected chi connectivity index (χ4v) is 1.77. The summed E-state index contributed by atoms with van der Waals surface area (Å²) in [6.07, 6.45) is -1.34. The first kappa shape index (κ1) is 19.3. The van der Waals surface area contributed by atoms with Gasteiger partial charge in [-0.1, -0.05) is 5.16 Å². The number of carbonyl (C=O) groups is 3. The molecule has 0 aliphatic carbocycles. The van der Waals surface area contributed by atoms with E-state index in [0.717, 1.165) is 0 Å². The van der Waals surface area contributed by atoms with Crippen molar-refractivity contribution in [2.45, 2.75) is 44.5 Å². The number of aliphatic hydroxyl groups excluding tert-OH is 1. The SMILES string of the molecule is CC(O)[C@H](NC(=O)N[C@H](CCC(N)=O)c1nc(CN)no1)C(=O)O. The lowest BCUT2D eigenvalue weighted by molar-refractivity contribution is -0.141. The second kappa shape index (κ2) is 8.79. The van der Waals surface area contributed by atoms with Gasteiger partial charge in [-0.15, -0.1) is 0 Å². The monoisotopic (exact) mass is 344 g/mol. The Bertz CT molecular complexity index is 588. The van der Waals surface area contributed by atoms with Gasteiger partial charge in [-0.25, -0.2) is 9.59 Å². The number of aromatic nitrogens is 2. The van der Waals surface area contributed by atoms with Crippen molar-refractivity contribution in [3.05, 3.63) is 11.7 Å². The van der Waals surface area contributed by atoms with Crippen molar-refractivity contribution in [1.29, 1.82) is 0 Å². The van der Waals surface area contributed by atoms with Crippen molar-refractivity contribution >= 4 is 17.9 Å². The Morgan fingerprint density at radius 2 is 2.00 bits per heavy atom. The smallest absolute Gasteiger partial charge is 0.328 e. The number of nitrogens with two attached hydrogens (primary N) is 2. The number of aliphatic carboxylic acids is 1. The van der Waals surface area contributed by atoms with Crippen LogP contribution in [0.1, 0.15) is 37.5 Å². The highest BCUT2D eigenvalue weighted by Crippen LogP contribution is 2.16. The molecule has 24 heavy (non-hydrogen) atoms. The molecular weight excluding hydrogens is 324 g/mol. The Hall–Kier alpha value is -2.73. The number of carboxylic acid groups (broad SMARTS) is 1. The highest BCUT2D eigenvalue weighted by molar-refractivity contribution is 5.83. The van der Waals surface area contributed by atoms with E-state index < -0.39 is 36.1 Å². The van der Waals surface area contributed by atoms with Crippen LogP contribution in [0.4, 0.5) is 4.79 Å². The fourth-order valence-electron chi connectivity index (χ4n) is 1.77. The molecule has 12 nitrogen and oxygen atoms in total. The second-order valence-electron chi connectivity index (χ2n) is 4.98. The summed E-state index contributed by atoms with van der Waals surface area (Å²) in [7, 11) is 0. The molecule has 12 heteroatoms. The molecular formula is C12H20N6O6. The van der Waals surface area contributed by atoms with Gasteiger partial charge in [-0.05, 0) is 13.3 Å². The summed E-state index contributed by atoms with van der Waals surface area (Å²) in [5, 5.41) is 26.4. The minimum atomic E-state index is -1.51. The summed E-state index contributed by atoms with van der Waals surface area (Å²) in [6.45, 7) is 1.23. The van der Waals surface area contributed by atoms with E-state index in [4.69, 9.17) is 21.1 Å². The number of primary amides is 1. The van der Waals surface area contributed by atoms with Crippen molar-refractivity contribution in [3.63, 3.8) is 0 Å². The molecule has 1 rings (SSSR count). The lowest BCUT2D eigenvalue weighted by Gasteiger charge is -2.20. The van der Waals surface area contributed by atoms with Crippen molar-refractivity contribution in [1.82, 2.24) is 20.8 Å². The van der Waals surface area contributed by atoms with Crippen LogP contribution in [0.15, 0.2) is 4.52 Å². The molecule has 0 saturated heterocycles. The van der Waals surface area contributed by atoms with E-state index in [1.807, 2.05) is 0 Å². The number of rotatable bonds is 9. The van der Waals surface area contributed by atoms with Gasteiger partial charge < -0.3 is 36.8 Å². The van der Waals surface area contributed by atoms with Crippen LogP contribution in [-0.4, -0.2) is 50.4 Å². The standard InChI is InChI=1S/C12H20N6O6/c1-5(19)9(11(21)22)17-12(23)15-6(2-3-7(14)20)10-16-8(4-13)18-24-10/h5-6,9,19H,2-4,13H2,1H3,(H2,14,20)(H,21,22)(H2,15,17,23)/t5?,6-,9+/m1/s1. The summed E-state index contributed by atoms with van der Waals surface area (Å²) < 4.78 is 4.95. The van der Waals surface area contributed by atoms with Gasteiger partial charge in [0.1, 0.15) is 6.04 Å². The first-order valence-corrected chi connectivity index (χ1v) is 7.03. The number of amides is 3. The molecule has 0 saturated carbocycles. The van der Waals surface area contributed by atoms with E-state index in [0.29, 0.717) is 0 Å². The maximum absolute atomic E-state index is 11.9. The summed E-state index contributed by atoms with van der Waals surface area (Å²) in [6, 6.07) is -3.29. The third-order valence-electron chi connectivity index (χ3n) is 2.98. The van der Waals surface area contributed by atoms with Crippen LogP contribution in [-0.2, 0) is 16.1 Å². The lowest BCUT2D eigenvalue weighted by Crippen LogP contribution is -2.51. The van der Waals surface area contributed by atoms with Gasteiger partial charge in [0.2, 0.25) is 11.8 Å². The van der Waals surface area contributed by atoms with Crippen molar-refractivity contribution in [2.75, 3.05) is 0 Å². The van der Waals surface area contributed by atoms with E-state index in [1.165, 1.54) is 6.92 Å². The molecule has 0 aromatic carbocycles. The summed E-state index contributed by atoms with van der Waals surface area (Å²) in [4.78, 5) is 37.8. The van der Waals surface area contributed by atoms with Gasteiger partial charge in [0.15, 0.2) is 11.9 Å². The fraction of sp³-hybridized carbons (Fsp3) is 0.583. The average molecular weight is 344 g/mol. The Morgan fingerprint density at radius 1 is 1.33 bits per heavy atom. The molecule has 3 amide bonds. The largest absolute Gasteiger partial charge is 0.480 e. The van der Waals surface area contributed by atoms with E-state index in [-0.39, 0.29) is 31.1 Å². The minimum Gasteiger partial charge on any atom is -0.480 e. The van der Waals surface area contributed by atoms with Gasteiger partial charge in [0.25, 0.3) is 0 Å². The highest BCUT2D eigenvalue weighted by Gasteiger charge is 2.27. The van der Waals surface area contributed by atoms with Crippen molar-refractivity contribution < 1.29 is 29.1 Å². The number of nitrogens with one attached hydrogen (secondary N) is 2. The molecule has 1 aromatic heterocycles. The van der Waals surface area contributed by atoms with Crippen LogP contribution in [0.5, 0.6) is 0 Å². The van der Waals surface area contributed by atoms with Crippen molar-refractivity contribution in [2.24, 2.45) is 11.5 Å². The van der Waals surface area contributed by atoms with Gasteiger partial charge in [0.05, 0.1) is 12.6 Å². The summed E-state index contributed by atoms with van der Waals surface area (Å²) in [5.41, 5.74) is 10.4. The third-order valence-corrected chi connectivity index (χ3v) is 2.98. The zero-order chi connectivity index (χ0) is 18.3. The Kier molecular flexibility index (Phi) is 7.07. The van der Waals surface area contributed by atoms with Crippen LogP contribution in [0.3, 0.4) is 0 Å². The molecule has 0 spiro atoms. The van der Waals surface area contributed by atoms with Gasteiger partial charge in [-0.2, -0.15) is 4.98 Å². The molecule has 0 aliphatic rings. The summed E-state index contributed by atoms with van der Waals surface area (Å²) >= 11 is 0. The summed E-state index contributed by atoms with van der Waals surface area (Å²) in [5.74, 6) is -1.82. The molecule has 1 heterocycles. The normalized spacial score (nSPS) is 14.5. The van der Waals surface area contributed by atoms with E-state index in [9.17, 15) is 19.5 Å². The van der Waals surface area contributed by atoms with Crippen LogP contribution < -0.4 is 22.1 Å². The number of urea groups is 1. The van der Waals surface area contributed by atoms with Gasteiger partial charge >= 0.3 is 12.0 Å². The van der Waals surface area contributed by atoms with E-state index in [1.54, 1.807) is 0 Å². The maximum atomic E-state index is 11.9. The number of hydrogen-bond donors (Lipinski definition) is 6. The first-order chi connectivity index (χ1) is 11.2.